The van der Waals surface area contributed by atoms with E-state index in [2.05, 4.69) is 6.26 Å². The molecule has 10 heavy (non-hydrogen) atoms. The Morgan fingerprint density at radius 1 is 1.60 bits per heavy atom. The maximum absolute atomic E-state index is 10.5. The summed E-state index contributed by atoms with van der Waals surface area (Å²) >= 11 is 0. The highest BCUT2D eigenvalue weighted by Gasteiger charge is 2.05. The predicted octanol–water partition coefficient (Wildman–Crippen LogP) is 0.986. The number of hydrogen-bond donors (Lipinski definition) is 0. The van der Waals surface area contributed by atoms with Crippen LogP contribution in [0.3, 0.4) is 0 Å². The van der Waals surface area contributed by atoms with Crippen molar-refractivity contribution in [3.8, 4) is 0 Å². The van der Waals surface area contributed by atoms with E-state index in [0.717, 1.165) is 0 Å². The molecule has 0 atom stereocenters. The zero-order chi connectivity index (χ0) is 7.61. The van der Waals surface area contributed by atoms with Crippen molar-refractivity contribution in [2.24, 2.45) is 0 Å². The molecule has 0 amide bonds. The fourth-order valence-corrected chi connectivity index (χ4v) is 1.21. The number of hydrogen-bond acceptors (Lipinski definition) is 3. The maximum atomic E-state index is 10.5. The molecule has 3 nitrogen and oxygen atoms in total. The van der Waals surface area contributed by atoms with Crippen LogP contribution in [0.2, 0.25) is 0 Å². The van der Waals surface area contributed by atoms with Gasteiger partial charge in [-0.3, -0.25) is 0 Å². The first-order valence-electron chi connectivity index (χ1n) is 2.66. The van der Waals surface area contributed by atoms with Crippen LogP contribution >= 0.6 is 0 Å². The van der Waals surface area contributed by atoms with E-state index in [0.29, 0.717) is 5.76 Å². The zero-order valence-corrected chi connectivity index (χ0v) is 6.10. The molecule has 0 aliphatic rings. The minimum Gasteiger partial charge on any atom is -0.468 e. The van der Waals surface area contributed by atoms with Gasteiger partial charge in [0, 0.05) is 0 Å². The van der Waals surface area contributed by atoms with E-state index in [1.807, 2.05) is 0 Å². The third kappa shape index (κ3) is 2.23. The minimum absolute atomic E-state index is 0.125. The number of sulfone groups is 1. The van der Waals surface area contributed by atoms with Gasteiger partial charge in [-0.15, -0.1) is 0 Å². The van der Waals surface area contributed by atoms with Gasteiger partial charge < -0.3 is 4.42 Å². The van der Waals surface area contributed by atoms with Crippen molar-refractivity contribution in [3.63, 3.8) is 0 Å². The highest BCUT2D eigenvalue weighted by molar-refractivity contribution is 7.91. The Hall–Kier alpha value is -0.770. The normalized spacial score (nSPS) is 11.7. The summed E-state index contributed by atoms with van der Waals surface area (Å²) < 4.78 is 25.8. The average Bonchev–Trinajstić information content (AvgIpc) is 2.12. The Bertz CT molecular complexity index is 283. The molecule has 0 saturated heterocycles. The minimum atomic E-state index is -3.19. The summed E-state index contributed by atoms with van der Waals surface area (Å²) in [6.45, 7) is 0. The maximum Gasteiger partial charge on any atom is 0.158 e. The Labute approximate surface area is 59.6 Å². The van der Waals surface area contributed by atoms with Crippen LogP contribution in [-0.4, -0.2) is 8.42 Å². The van der Waals surface area contributed by atoms with Crippen molar-refractivity contribution in [2.45, 2.75) is 5.75 Å². The number of rotatable bonds is 2. The van der Waals surface area contributed by atoms with Gasteiger partial charge in [-0.2, -0.15) is 0 Å². The molecule has 1 heterocycles. The third-order valence-electron chi connectivity index (χ3n) is 0.942. The van der Waals surface area contributed by atoms with Gasteiger partial charge in [-0.05, 0) is 12.1 Å². The molecule has 4 heteroatoms. The lowest BCUT2D eigenvalue weighted by Crippen LogP contribution is -1.95. The van der Waals surface area contributed by atoms with E-state index < -0.39 is 9.84 Å². The van der Waals surface area contributed by atoms with E-state index in [9.17, 15) is 8.42 Å². The van der Waals surface area contributed by atoms with Crippen LogP contribution in [0.5, 0.6) is 0 Å². The smallest absolute Gasteiger partial charge is 0.158 e. The van der Waals surface area contributed by atoms with Crippen molar-refractivity contribution < 1.29 is 12.8 Å². The first-order valence-corrected chi connectivity index (χ1v) is 4.48. The van der Waals surface area contributed by atoms with Gasteiger partial charge in [-0.25, -0.2) is 8.42 Å². The van der Waals surface area contributed by atoms with Crippen molar-refractivity contribution in [3.05, 3.63) is 30.4 Å². The Balaban J connectivity index is 2.75. The van der Waals surface area contributed by atoms with Gasteiger partial charge in [0.15, 0.2) is 9.84 Å². The first-order chi connectivity index (χ1) is 4.58. The second kappa shape index (κ2) is 2.46. The molecular formula is C6H7O3S. The standard InChI is InChI=1S/C6H7O3S/c1-10(7,8)5-6-3-2-4-9-6/h2-4H,1,5H2. The fraction of sp³-hybridized carbons (Fsp3) is 0.167. The van der Waals surface area contributed by atoms with Gasteiger partial charge in [0.05, 0.1) is 12.5 Å². The predicted molar refractivity (Wildman–Crippen MR) is 36.7 cm³/mol. The van der Waals surface area contributed by atoms with Crippen LogP contribution in [0.25, 0.3) is 0 Å². The lowest BCUT2D eigenvalue weighted by atomic mass is 10.5. The summed E-state index contributed by atoms with van der Waals surface area (Å²) in [5.41, 5.74) is 0. The van der Waals surface area contributed by atoms with E-state index in [-0.39, 0.29) is 5.75 Å². The van der Waals surface area contributed by atoms with Crippen LogP contribution < -0.4 is 0 Å². The van der Waals surface area contributed by atoms with Crippen molar-refractivity contribution in [2.75, 3.05) is 0 Å². The summed E-state index contributed by atoms with van der Waals surface area (Å²) in [5.74, 6) is 0.301. The van der Waals surface area contributed by atoms with Gasteiger partial charge in [0.1, 0.15) is 11.5 Å². The quantitative estimate of drug-likeness (QED) is 0.646. The molecule has 0 saturated carbocycles. The van der Waals surface area contributed by atoms with Crippen LogP contribution in [0, 0.1) is 6.26 Å². The van der Waals surface area contributed by atoms with Crippen LogP contribution in [0.4, 0.5) is 0 Å². The molecule has 0 N–H and O–H groups in total. The lowest BCUT2D eigenvalue weighted by molar-refractivity contribution is 0.522. The molecule has 0 aromatic carbocycles. The van der Waals surface area contributed by atoms with E-state index in [4.69, 9.17) is 4.42 Å². The summed E-state index contributed by atoms with van der Waals surface area (Å²) in [6, 6.07) is 3.24. The molecule has 0 spiro atoms. The highest BCUT2D eigenvalue weighted by Crippen LogP contribution is 2.04. The average molecular weight is 159 g/mol. The molecule has 0 aliphatic heterocycles. The van der Waals surface area contributed by atoms with Crippen molar-refractivity contribution in [1.82, 2.24) is 0 Å². The third-order valence-corrected chi connectivity index (χ3v) is 1.67. The summed E-state index contributed by atoms with van der Waals surface area (Å²) in [6.07, 6.45) is 4.39. The van der Waals surface area contributed by atoms with E-state index in [1.165, 1.54) is 6.26 Å². The Kier molecular flexibility index (Phi) is 1.80. The Morgan fingerprint density at radius 3 is 2.70 bits per heavy atom. The Morgan fingerprint density at radius 2 is 2.30 bits per heavy atom. The summed E-state index contributed by atoms with van der Waals surface area (Å²) in [5, 5.41) is 0. The van der Waals surface area contributed by atoms with Crippen molar-refractivity contribution >= 4 is 9.84 Å². The topological polar surface area (TPSA) is 47.3 Å². The number of furan rings is 1. The molecule has 0 unspecified atom stereocenters. The molecular weight excluding hydrogens is 152 g/mol. The van der Waals surface area contributed by atoms with Gasteiger partial charge >= 0.3 is 0 Å². The van der Waals surface area contributed by atoms with Gasteiger partial charge in [0.2, 0.25) is 0 Å². The van der Waals surface area contributed by atoms with Crippen LogP contribution in [-0.2, 0) is 15.6 Å². The largest absolute Gasteiger partial charge is 0.468 e. The summed E-state index contributed by atoms with van der Waals surface area (Å²) in [7, 11) is -3.19. The van der Waals surface area contributed by atoms with E-state index >= 15 is 0 Å². The van der Waals surface area contributed by atoms with Crippen LogP contribution in [0.15, 0.2) is 22.8 Å². The molecule has 1 rings (SSSR count). The lowest BCUT2D eigenvalue weighted by Gasteiger charge is -1.90. The SMILES string of the molecule is [CH2]S(=O)(=O)Cc1ccco1. The molecule has 1 aromatic rings. The van der Waals surface area contributed by atoms with Gasteiger partial charge in [0.25, 0.3) is 0 Å². The van der Waals surface area contributed by atoms with Gasteiger partial charge in [-0.1, -0.05) is 0 Å². The first kappa shape index (κ1) is 7.34. The molecule has 0 fully saturated rings. The second-order valence-electron chi connectivity index (χ2n) is 1.97. The monoisotopic (exact) mass is 159 g/mol. The highest BCUT2D eigenvalue weighted by atomic mass is 32.2. The molecule has 55 valence electrons. The van der Waals surface area contributed by atoms with E-state index in [1.54, 1.807) is 12.1 Å². The van der Waals surface area contributed by atoms with Crippen molar-refractivity contribution in [1.29, 1.82) is 0 Å². The molecule has 1 radical (unpaired) electrons. The molecule has 0 aliphatic carbocycles. The zero-order valence-electron chi connectivity index (χ0n) is 5.28. The molecule has 1 aromatic heterocycles. The van der Waals surface area contributed by atoms with Crippen LogP contribution in [0.1, 0.15) is 5.76 Å². The fourth-order valence-electron chi connectivity index (χ4n) is 0.611. The molecule has 0 bridgehead atoms. The summed E-state index contributed by atoms with van der Waals surface area (Å²) in [4.78, 5) is 0. The second-order valence-corrected chi connectivity index (χ2v) is 3.74.